The van der Waals surface area contributed by atoms with E-state index in [4.69, 9.17) is 28.9 Å². The molecule has 3 rings (SSSR count). The number of hydrogen-bond donors (Lipinski definition) is 1. The van der Waals surface area contributed by atoms with Crippen LogP contribution >= 0.6 is 35.6 Å². The van der Waals surface area contributed by atoms with Crippen LogP contribution in [-0.2, 0) is 9.59 Å². The minimum absolute atomic E-state index is 0.0469. The highest BCUT2D eigenvalue weighted by Gasteiger charge is 2.37. The Hall–Kier alpha value is -1.57. The molecule has 150 valence electrons. The predicted octanol–water partition coefficient (Wildman–Crippen LogP) is 4.74. The van der Waals surface area contributed by atoms with Crippen molar-refractivity contribution < 1.29 is 14.7 Å². The van der Waals surface area contributed by atoms with Crippen LogP contribution in [0, 0.1) is 0 Å². The van der Waals surface area contributed by atoms with Gasteiger partial charge >= 0.3 is 5.97 Å². The number of carbonyl (C=O) groups is 2. The maximum atomic E-state index is 12.5. The molecule has 1 aromatic rings. The molecule has 8 heteroatoms. The van der Waals surface area contributed by atoms with Crippen LogP contribution in [0.3, 0.4) is 0 Å². The van der Waals surface area contributed by atoms with E-state index in [1.165, 1.54) is 5.56 Å². The number of carbonyl (C=O) groups excluding carboxylic acids is 1. The fourth-order valence-corrected chi connectivity index (χ4v) is 5.60. The van der Waals surface area contributed by atoms with Crippen LogP contribution in [0.15, 0.2) is 17.0 Å². The second kappa shape index (κ2) is 7.69. The Morgan fingerprint density at radius 1 is 1.46 bits per heavy atom. The van der Waals surface area contributed by atoms with E-state index >= 15 is 0 Å². The molecule has 2 aliphatic rings. The SMILES string of the molecule is CCN1c2cc(Cl)c(/C=C3\SC(=S)N(CC(=O)O)C3=O)cc2C(C)CC1(C)C. The smallest absolute Gasteiger partial charge is 0.323 e. The van der Waals surface area contributed by atoms with Crippen molar-refractivity contribution in [2.75, 3.05) is 18.0 Å². The van der Waals surface area contributed by atoms with Gasteiger partial charge in [-0.05, 0) is 62.4 Å². The van der Waals surface area contributed by atoms with Gasteiger partial charge in [0.15, 0.2) is 0 Å². The van der Waals surface area contributed by atoms with Crippen LogP contribution < -0.4 is 4.90 Å². The molecular formula is C20H23ClN2O3S2. The summed E-state index contributed by atoms with van der Waals surface area (Å²) in [5.74, 6) is -1.13. The second-order valence-electron chi connectivity index (χ2n) is 7.76. The van der Waals surface area contributed by atoms with Crippen molar-refractivity contribution >= 4 is 63.5 Å². The molecule has 0 aromatic heterocycles. The molecule has 1 amide bonds. The van der Waals surface area contributed by atoms with Gasteiger partial charge in [-0.25, -0.2) is 0 Å². The maximum Gasteiger partial charge on any atom is 0.323 e. The Labute approximate surface area is 179 Å². The number of amides is 1. The van der Waals surface area contributed by atoms with Gasteiger partial charge in [0.1, 0.15) is 10.9 Å². The van der Waals surface area contributed by atoms with Gasteiger partial charge in [0.25, 0.3) is 5.91 Å². The quantitative estimate of drug-likeness (QED) is 0.541. The number of anilines is 1. The third-order valence-electron chi connectivity index (χ3n) is 5.27. The van der Waals surface area contributed by atoms with E-state index in [1.54, 1.807) is 6.08 Å². The fourth-order valence-electron chi connectivity index (χ4n) is 4.14. The molecule has 1 fully saturated rings. The van der Waals surface area contributed by atoms with E-state index in [-0.39, 0.29) is 9.86 Å². The van der Waals surface area contributed by atoms with Gasteiger partial charge in [0, 0.05) is 22.8 Å². The van der Waals surface area contributed by atoms with Gasteiger partial charge < -0.3 is 10.0 Å². The highest BCUT2D eigenvalue weighted by atomic mass is 35.5. The average Bonchev–Trinajstić information content (AvgIpc) is 2.83. The first kappa shape index (κ1) is 21.1. The third-order valence-corrected chi connectivity index (χ3v) is 6.98. The van der Waals surface area contributed by atoms with Crippen LogP contribution in [-0.4, -0.2) is 44.8 Å². The lowest BCUT2D eigenvalue weighted by Gasteiger charge is -2.47. The van der Waals surface area contributed by atoms with Crippen molar-refractivity contribution in [1.82, 2.24) is 4.90 Å². The molecule has 5 nitrogen and oxygen atoms in total. The monoisotopic (exact) mass is 438 g/mol. The molecule has 2 heterocycles. The lowest BCUT2D eigenvalue weighted by atomic mass is 9.79. The zero-order valence-electron chi connectivity index (χ0n) is 16.3. The molecule has 0 bridgehead atoms. The summed E-state index contributed by atoms with van der Waals surface area (Å²) >= 11 is 12.8. The molecule has 0 saturated carbocycles. The van der Waals surface area contributed by atoms with Crippen molar-refractivity contribution in [3.05, 3.63) is 33.2 Å². The van der Waals surface area contributed by atoms with Gasteiger partial charge in [0.05, 0.1) is 4.91 Å². The minimum Gasteiger partial charge on any atom is -0.480 e. The molecule has 1 unspecified atom stereocenters. The van der Waals surface area contributed by atoms with E-state index in [9.17, 15) is 9.59 Å². The van der Waals surface area contributed by atoms with Crippen molar-refractivity contribution in [1.29, 1.82) is 0 Å². The Morgan fingerprint density at radius 2 is 2.14 bits per heavy atom. The molecule has 2 aliphatic heterocycles. The van der Waals surface area contributed by atoms with Gasteiger partial charge in [-0.2, -0.15) is 0 Å². The highest BCUT2D eigenvalue weighted by Crippen LogP contribution is 2.45. The van der Waals surface area contributed by atoms with E-state index in [1.807, 2.05) is 12.1 Å². The summed E-state index contributed by atoms with van der Waals surface area (Å²) in [6.07, 6.45) is 2.74. The first-order valence-electron chi connectivity index (χ1n) is 9.13. The lowest BCUT2D eigenvalue weighted by Crippen LogP contribution is -2.48. The number of aliphatic carboxylic acids is 1. The summed E-state index contributed by atoms with van der Waals surface area (Å²) in [5, 5.41) is 9.53. The van der Waals surface area contributed by atoms with Crippen LogP contribution in [0.4, 0.5) is 5.69 Å². The number of benzene rings is 1. The second-order valence-corrected chi connectivity index (χ2v) is 9.84. The fraction of sp³-hybridized carbons (Fsp3) is 0.450. The van der Waals surface area contributed by atoms with Gasteiger partial charge in [-0.15, -0.1) is 0 Å². The third kappa shape index (κ3) is 3.80. The first-order chi connectivity index (χ1) is 13.0. The number of halogens is 1. The molecule has 1 aromatic carbocycles. The number of rotatable bonds is 4. The standard InChI is InChI=1S/C20H23ClN2O3S2/c1-5-23-15-8-14(21)12(6-13(15)11(2)9-20(23,3)4)7-16-18(26)22(10-17(24)25)19(27)28-16/h6-8,11H,5,9-10H2,1-4H3,(H,24,25)/b16-7-. The zero-order valence-corrected chi connectivity index (χ0v) is 18.7. The van der Waals surface area contributed by atoms with E-state index < -0.39 is 18.4 Å². The molecular weight excluding hydrogens is 416 g/mol. The van der Waals surface area contributed by atoms with Gasteiger partial charge in [-0.3, -0.25) is 14.5 Å². The Balaban J connectivity index is 2.01. The van der Waals surface area contributed by atoms with Gasteiger partial charge in [0.2, 0.25) is 0 Å². The molecule has 0 spiro atoms. The van der Waals surface area contributed by atoms with Crippen LogP contribution in [0.2, 0.25) is 5.02 Å². The number of thiocarbonyl (C=S) groups is 1. The van der Waals surface area contributed by atoms with Crippen LogP contribution in [0.5, 0.6) is 0 Å². The molecule has 0 aliphatic carbocycles. The maximum absolute atomic E-state index is 12.5. The zero-order chi connectivity index (χ0) is 20.8. The summed E-state index contributed by atoms with van der Waals surface area (Å²) in [7, 11) is 0. The van der Waals surface area contributed by atoms with E-state index in [0.29, 0.717) is 15.8 Å². The van der Waals surface area contributed by atoms with Crippen LogP contribution in [0.25, 0.3) is 6.08 Å². The summed E-state index contributed by atoms with van der Waals surface area (Å²) in [6, 6.07) is 4.02. The van der Waals surface area contributed by atoms with Crippen molar-refractivity contribution in [3.63, 3.8) is 0 Å². The Bertz CT molecular complexity index is 898. The number of nitrogens with zero attached hydrogens (tertiary/aromatic N) is 2. The van der Waals surface area contributed by atoms with Crippen molar-refractivity contribution in [3.8, 4) is 0 Å². The Morgan fingerprint density at radius 3 is 2.75 bits per heavy atom. The first-order valence-corrected chi connectivity index (χ1v) is 10.7. The number of carboxylic acid groups (broad SMARTS) is 1. The largest absolute Gasteiger partial charge is 0.480 e. The summed E-state index contributed by atoms with van der Waals surface area (Å²) in [5.41, 5.74) is 3.13. The number of carboxylic acids is 1. The molecule has 1 N–H and O–H groups in total. The lowest BCUT2D eigenvalue weighted by molar-refractivity contribution is -0.140. The summed E-state index contributed by atoms with van der Waals surface area (Å²) < 4.78 is 0.250. The van der Waals surface area contributed by atoms with Crippen LogP contribution in [0.1, 0.15) is 51.2 Å². The molecule has 1 atom stereocenters. The van der Waals surface area contributed by atoms with Gasteiger partial charge in [-0.1, -0.05) is 42.5 Å². The number of hydrogen-bond acceptors (Lipinski definition) is 5. The normalized spacial score (nSPS) is 22.8. The van der Waals surface area contributed by atoms with E-state index in [0.717, 1.165) is 40.9 Å². The molecule has 28 heavy (non-hydrogen) atoms. The molecule has 1 saturated heterocycles. The topological polar surface area (TPSA) is 60.9 Å². The summed E-state index contributed by atoms with van der Waals surface area (Å²) in [4.78, 5) is 27.4. The average molecular weight is 439 g/mol. The highest BCUT2D eigenvalue weighted by molar-refractivity contribution is 8.26. The Kier molecular flexibility index (Phi) is 5.81. The predicted molar refractivity (Wildman–Crippen MR) is 119 cm³/mol. The minimum atomic E-state index is -1.10. The number of thioether (sulfide) groups is 1. The number of fused-ring (bicyclic) bond motifs is 1. The summed E-state index contributed by atoms with van der Waals surface area (Å²) in [6.45, 7) is 9.28. The van der Waals surface area contributed by atoms with E-state index in [2.05, 4.69) is 32.6 Å². The van der Waals surface area contributed by atoms with Crippen molar-refractivity contribution in [2.24, 2.45) is 0 Å². The molecule has 0 radical (unpaired) electrons. The van der Waals surface area contributed by atoms with Crippen molar-refractivity contribution in [2.45, 2.75) is 45.6 Å².